The first-order chi connectivity index (χ1) is 13.1. The van der Waals surface area contributed by atoms with Crippen molar-refractivity contribution in [3.63, 3.8) is 0 Å². The van der Waals surface area contributed by atoms with Gasteiger partial charge in [-0.25, -0.2) is 4.98 Å². The number of rotatable bonds is 6. The molecule has 0 spiro atoms. The minimum Gasteiger partial charge on any atom is -0.351 e. The van der Waals surface area contributed by atoms with Crippen LogP contribution in [0.15, 0.2) is 42.5 Å². The van der Waals surface area contributed by atoms with Gasteiger partial charge in [0, 0.05) is 23.9 Å². The zero-order valence-electron chi connectivity index (χ0n) is 17.2. The monoisotopic (exact) mass is 381 g/mol. The minimum absolute atomic E-state index is 0. The molecule has 0 atom stereocenters. The normalized spacial score (nSPS) is 10.4. The van der Waals surface area contributed by atoms with Crippen LogP contribution in [0.1, 0.15) is 51.0 Å². The van der Waals surface area contributed by atoms with Gasteiger partial charge < -0.3 is 10.2 Å². The van der Waals surface area contributed by atoms with Gasteiger partial charge in [0.2, 0.25) is 0 Å². The number of carbonyl (C=O) groups is 1. The molecule has 0 fully saturated rings. The molecule has 1 aromatic heterocycles. The molecule has 0 aliphatic rings. The molecule has 2 aromatic carbocycles. The van der Waals surface area contributed by atoms with Gasteiger partial charge in [0.1, 0.15) is 0 Å². The van der Waals surface area contributed by atoms with E-state index in [1.165, 1.54) is 5.56 Å². The molecule has 3 rings (SSSR count). The molecule has 0 unspecified atom stereocenters. The standard InChI is InChI=1S/C21H25N3O.C2H6.CH4/c1-4-24(5-2)12-11-22-21(25)18-8-6-7-17-14-16-10-9-15(3)13-19(16)23-20(17)18;1-2;/h6-10,13-14H,4-5,11-12H2,1-3H3,(H,22,25);1-2H3;1H4. The van der Waals surface area contributed by atoms with Gasteiger partial charge in [-0.2, -0.15) is 0 Å². The largest absolute Gasteiger partial charge is 0.351 e. The molecule has 0 aliphatic carbocycles. The van der Waals surface area contributed by atoms with Crippen molar-refractivity contribution < 1.29 is 4.79 Å². The second kappa shape index (κ2) is 11.4. The number of likely N-dealkylation sites (N-methyl/N-ethyl adjacent to an activating group) is 1. The quantitative estimate of drug-likeness (QED) is 0.579. The maximum absolute atomic E-state index is 12.7. The molecule has 1 amide bonds. The fourth-order valence-electron chi connectivity index (χ4n) is 3.11. The van der Waals surface area contributed by atoms with Crippen LogP contribution in [0, 0.1) is 6.92 Å². The van der Waals surface area contributed by atoms with E-state index in [9.17, 15) is 4.79 Å². The van der Waals surface area contributed by atoms with Gasteiger partial charge in [-0.15, -0.1) is 0 Å². The number of para-hydroxylation sites is 1. The van der Waals surface area contributed by atoms with Crippen molar-refractivity contribution in [2.75, 3.05) is 26.2 Å². The number of nitrogens with zero attached hydrogens (tertiary/aromatic N) is 2. The van der Waals surface area contributed by atoms with E-state index < -0.39 is 0 Å². The predicted octanol–water partition coefficient (Wildman–Crippen LogP) is 5.43. The molecule has 0 bridgehead atoms. The molecule has 4 heteroatoms. The van der Waals surface area contributed by atoms with Crippen molar-refractivity contribution in [2.24, 2.45) is 0 Å². The molecule has 28 heavy (non-hydrogen) atoms. The van der Waals surface area contributed by atoms with Crippen LogP contribution in [-0.4, -0.2) is 42.0 Å². The van der Waals surface area contributed by atoms with Crippen molar-refractivity contribution in [1.82, 2.24) is 15.2 Å². The first-order valence-corrected chi connectivity index (χ1v) is 9.93. The molecule has 0 radical (unpaired) electrons. The maximum Gasteiger partial charge on any atom is 0.253 e. The molecular weight excluding hydrogens is 346 g/mol. The Kier molecular flexibility index (Phi) is 9.60. The highest BCUT2D eigenvalue weighted by Gasteiger charge is 2.12. The number of nitrogens with one attached hydrogen (secondary N) is 1. The molecule has 1 N–H and O–H groups in total. The van der Waals surface area contributed by atoms with Crippen LogP contribution in [-0.2, 0) is 0 Å². The molecule has 0 saturated carbocycles. The van der Waals surface area contributed by atoms with Gasteiger partial charge in [-0.05, 0) is 43.8 Å². The second-order valence-electron chi connectivity index (χ2n) is 6.34. The first-order valence-electron chi connectivity index (χ1n) is 9.93. The van der Waals surface area contributed by atoms with E-state index in [1.54, 1.807) is 0 Å². The third kappa shape index (κ3) is 5.52. The lowest BCUT2D eigenvalue weighted by Crippen LogP contribution is -2.34. The van der Waals surface area contributed by atoms with Gasteiger partial charge in [-0.3, -0.25) is 4.79 Å². The summed E-state index contributed by atoms with van der Waals surface area (Å²) in [6, 6.07) is 14.1. The fourth-order valence-corrected chi connectivity index (χ4v) is 3.11. The van der Waals surface area contributed by atoms with Crippen LogP contribution >= 0.6 is 0 Å². The molecular formula is C24H35N3O. The number of aromatic nitrogens is 1. The Morgan fingerprint density at radius 1 is 1.04 bits per heavy atom. The smallest absolute Gasteiger partial charge is 0.253 e. The van der Waals surface area contributed by atoms with Gasteiger partial charge in [0.25, 0.3) is 5.91 Å². The van der Waals surface area contributed by atoms with E-state index in [-0.39, 0.29) is 13.3 Å². The van der Waals surface area contributed by atoms with Gasteiger partial charge in [0.05, 0.1) is 16.6 Å². The summed E-state index contributed by atoms with van der Waals surface area (Å²) in [5.74, 6) is -0.0581. The van der Waals surface area contributed by atoms with Crippen LogP contribution in [0.5, 0.6) is 0 Å². The van der Waals surface area contributed by atoms with Crippen LogP contribution in [0.3, 0.4) is 0 Å². The van der Waals surface area contributed by atoms with Gasteiger partial charge in [-0.1, -0.05) is 59.4 Å². The summed E-state index contributed by atoms with van der Waals surface area (Å²) in [7, 11) is 0. The highest BCUT2D eigenvalue weighted by atomic mass is 16.1. The van der Waals surface area contributed by atoms with Crippen molar-refractivity contribution in [3.8, 4) is 0 Å². The van der Waals surface area contributed by atoms with E-state index in [0.717, 1.165) is 41.4 Å². The van der Waals surface area contributed by atoms with Crippen LogP contribution in [0.4, 0.5) is 0 Å². The topological polar surface area (TPSA) is 45.2 Å². The SMILES string of the molecule is C.CC.CCN(CC)CCNC(=O)c1cccc2cc3ccc(C)cc3nc12. The first kappa shape index (κ1) is 23.6. The Balaban J connectivity index is 0.00000127. The third-order valence-corrected chi connectivity index (χ3v) is 4.65. The number of amides is 1. The molecule has 3 aromatic rings. The average molecular weight is 382 g/mol. The molecule has 1 heterocycles. The average Bonchev–Trinajstić information content (AvgIpc) is 2.70. The number of aryl methyl sites for hydroxylation is 1. The Morgan fingerprint density at radius 2 is 1.75 bits per heavy atom. The highest BCUT2D eigenvalue weighted by molar-refractivity contribution is 6.07. The number of hydrogen-bond acceptors (Lipinski definition) is 3. The van der Waals surface area contributed by atoms with E-state index in [2.05, 4.69) is 55.3 Å². The van der Waals surface area contributed by atoms with Gasteiger partial charge >= 0.3 is 0 Å². The zero-order chi connectivity index (χ0) is 19.8. The lowest BCUT2D eigenvalue weighted by atomic mass is 10.1. The van der Waals surface area contributed by atoms with Gasteiger partial charge in [0.15, 0.2) is 0 Å². The summed E-state index contributed by atoms with van der Waals surface area (Å²) in [6.07, 6.45) is 0. The van der Waals surface area contributed by atoms with E-state index in [0.29, 0.717) is 12.1 Å². The Morgan fingerprint density at radius 3 is 2.43 bits per heavy atom. The van der Waals surface area contributed by atoms with E-state index >= 15 is 0 Å². The number of carbonyl (C=O) groups excluding carboxylic acids is 1. The molecule has 0 aliphatic heterocycles. The number of hydrogen-bond donors (Lipinski definition) is 1. The predicted molar refractivity (Wildman–Crippen MR) is 122 cm³/mol. The third-order valence-electron chi connectivity index (χ3n) is 4.65. The number of benzene rings is 2. The lowest BCUT2D eigenvalue weighted by molar-refractivity contribution is 0.0950. The van der Waals surface area contributed by atoms with E-state index in [4.69, 9.17) is 4.98 Å². The fraction of sp³-hybridized carbons (Fsp3) is 0.417. The van der Waals surface area contributed by atoms with Crippen LogP contribution in [0.25, 0.3) is 21.8 Å². The lowest BCUT2D eigenvalue weighted by Gasteiger charge is -2.18. The summed E-state index contributed by atoms with van der Waals surface area (Å²) in [4.78, 5) is 19.7. The summed E-state index contributed by atoms with van der Waals surface area (Å²) in [5.41, 5.74) is 3.50. The molecule has 0 saturated heterocycles. The highest BCUT2D eigenvalue weighted by Crippen LogP contribution is 2.23. The Labute approximate surface area is 170 Å². The van der Waals surface area contributed by atoms with E-state index in [1.807, 2.05) is 32.0 Å². The molecule has 152 valence electrons. The summed E-state index contributed by atoms with van der Waals surface area (Å²) >= 11 is 0. The number of pyridine rings is 1. The maximum atomic E-state index is 12.7. The molecule has 4 nitrogen and oxygen atoms in total. The van der Waals surface area contributed by atoms with Crippen molar-refractivity contribution in [2.45, 2.75) is 42.0 Å². The van der Waals surface area contributed by atoms with Crippen molar-refractivity contribution >= 4 is 27.7 Å². The number of fused-ring (bicyclic) bond motifs is 2. The Hall–Kier alpha value is -2.46. The zero-order valence-corrected chi connectivity index (χ0v) is 17.2. The second-order valence-corrected chi connectivity index (χ2v) is 6.34. The van der Waals surface area contributed by atoms with Crippen LogP contribution < -0.4 is 5.32 Å². The Bertz CT molecular complexity index is 901. The summed E-state index contributed by atoms with van der Waals surface area (Å²) < 4.78 is 0. The van der Waals surface area contributed by atoms with Crippen molar-refractivity contribution in [1.29, 1.82) is 0 Å². The summed E-state index contributed by atoms with van der Waals surface area (Å²) in [5, 5.41) is 5.12. The van der Waals surface area contributed by atoms with Crippen molar-refractivity contribution in [3.05, 3.63) is 53.6 Å². The minimum atomic E-state index is -0.0581. The summed E-state index contributed by atoms with van der Waals surface area (Å²) in [6.45, 7) is 13.8. The van der Waals surface area contributed by atoms with Crippen LogP contribution in [0.2, 0.25) is 0 Å².